The SMILES string of the molecule is CCNC(COCCOC)C1CCC1. The summed E-state index contributed by atoms with van der Waals surface area (Å²) >= 11 is 0. The normalized spacial score (nSPS) is 19.3. The van der Waals surface area contributed by atoms with E-state index < -0.39 is 0 Å². The van der Waals surface area contributed by atoms with E-state index in [0.717, 1.165) is 19.1 Å². The van der Waals surface area contributed by atoms with E-state index in [-0.39, 0.29) is 0 Å². The Kier molecular flexibility index (Phi) is 6.15. The third-order valence-corrected chi connectivity index (χ3v) is 2.91. The molecule has 1 N–H and O–H groups in total. The van der Waals surface area contributed by atoms with E-state index in [2.05, 4.69) is 12.2 Å². The predicted octanol–water partition coefficient (Wildman–Crippen LogP) is 1.43. The van der Waals surface area contributed by atoms with Gasteiger partial charge in [-0.2, -0.15) is 0 Å². The molecule has 1 rings (SSSR count). The molecule has 0 aromatic carbocycles. The van der Waals surface area contributed by atoms with Crippen molar-refractivity contribution in [3.8, 4) is 0 Å². The second-order valence-corrected chi connectivity index (χ2v) is 3.92. The number of hydrogen-bond acceptors (Lipinski definition) is 3. The van der Waals surface area contributed by atoms with Crippen LogP contribution in [0.3, 0.4) is 0 Å². The van der Waals surface area contributed by atoms with Crippen molar-refractivity contribution < 1.29 is 9.47 Å². The molecule has 0 saturated heterocycles. The van der Waals surface area contributed by atoms with Crippen LogP contribution in [0.1, 0.15) is 26.2 Å². The lowest BCUT2D eigenvalue weighted by Gasteiger charge is -2.34. The first kappa shape index (κ1) is 12.0. The summed E-state index contributed by atoms with van der Waals surface area (Å²) in [4.78, 5) is 0. The van der Waals surface area contributed by atoms with Crippen molar-refractivity contribution in [2.24, 2.45) is 5.92 Å². The van der Waals surface area contributed by atoms with Gasteiger partial charge in [0, 0.05) is 13.2 Å². The molecule has 1 aliphatic carbocycles. The van der Waals surface area contributed by atoms with Crippen molar-refractivity contribution in [1.29, 1.82) is 0 Å². The van der Waals surface area contributed by atoms with E-state index in [1.807, 2.05) is 0 Å². The summed E-state index contributed by atoms with van der Waals surface area (Å²) in [5.41, 5.74) is 0. The predicted molar refractivity (Wildman–Crippen MR) is 57.5 cm³/mol. The van der Waals surface area contributed by atoms with Gasteiger partial charge in [-0.1, -0.05) is 13.3 Å². The number of likely N-dealkylation sites (N-methyl/N-ethyl adjacent to an activating group) is 1. The number of ether oxygens (including phenoxy) is 2. The minimum atomic E-state index is 0.561. The molecule has 0 bridgehead atoms. The molecule has 0 spiro atoms. The average molecular weight is 201 g/mol. The molecular weight excluding hydrogens is 178 g/mol. The van der Waals surface area contributed by atoms with Gasteiger partial charge in [0.05, 0.1) is 19.8 Å². The van der Waals surface area contributed by atoms with Crippen LogP contribution in [-0.4, -0.2) is 39.5 Å². The Morgan fingerprint density at radius 3 is 2.64 bits per heavy atom. The highest BCUT2D eigenvalue weighted by Gasteiger charge is 2.26. The molecule has 0 aromatic heterocycles. The maximum absolute atomic E-state index is 5.56. The first-order chi connectivity index (χ1) is 6.88. The molecule has 84 valence electrons. The zero-order valence-corrected chi connectivity index (χ0v) is 9.42. The third kappa shape index (κ3) is 3.95. The van der Waals surface area contributed by atoms with Crippen LogP contribution in [0.15, 0.2) is 0 Å². The van der Waals surface area contributed by atoms with Crippen LogP contribution in [0.2, 0.25) is 0 Å². The van der Waals surface area contributed by atoms with Gasteiger partial charge in [-0.3, -0.25) is 0 Å². The highest BCUT2D eigenvalue weighted by atomic mass is 16.5. The Labute approximate surface area is 87.2 Å². The lowest BCUT2D eigenvalue weighted by atomic mass is 9.80. The van der Waals surface area contributed by atoms with Crippen molar-refractivity contribution in [3.63, 3.8) is 0 Å². The molecule has 1 saturated carbocycles. The fourth-order valence-electron chi connectivity index (χ4n) is 1.82. The molecule has 1 fully saturated rings. The van der Waals surface area contributed by atoms with Gasteiger partial charge in [-0.15, -0.1) is 0 Å². The summed E-state index contributed by atoms with van der Waals surface area (Å²) in [6.07, 6.45) is 4.13. The van der Waals surface area contributed by atoms with E-state index >= 15 is 0 Å². The van der Waals surface area contributed by atoms with Crippen molar-refractivity contribution in [3.05, 3.63) is 0 Å². The Balaban J connectivity index is 2.08. The van der Waals surface area contributed by atoms with Crippen LogP contribution in [-0.2, 0) is 9.47 Å². The largest absolute Gasteiger partial charge is 0.382 e. The van der Waals surface area contributed by atoms with Crippen LogP contribution in [0, 0.1) is 5.92 Å². The average Bonchev–Trinajstić information content (AvgIpc) is 2.10. The minimum Gasteiger partial charge on any atom is -0.382 e. The topological polar surface area (TPSA) is 30.5 Å². The van der Waals surface area contributed by atoms with Gasteiger partial charge in [0.2, 0.25) is 0 Å². The van der Waals surface area contributed by atoms with Gasteiger partial charge in [0.25, 0.3) is 0 Å². The molecule has 1 aliphatic rings. The van der Waals surface area contributed by atoms with Gasteiger partial charge in [0.15, 0.2) is 0 Å². The minimum absolute atomic E-state index is 0.561. The molecule has 0 amide bonds. The molecule has 0 aromatic rings. The Bertz CT molecular complexity index is 137. The lowest BCUT2D eigenvalue weighted by Crippen LogP contribution is -2.43. The zero-order chi connectivity index (χ0) is 10.2. The summed E-state index contributed by atoms with van der Waals surface area (Å²) in [6, 6.07) is 0.561. The van der Waals surface area contributed by atoms with E-state index in [1.54, 1.807) is 7.11 Å². The van der Waals surface area contributed by atoms with Crippen LogP contribution in [0.4, 0.5) is 0 Å². The summed E-state index contributed by atoms with van der Waals surface area (Å²) in [5.74, 6) is 0.845. The fraction of sp³-hybridized carbons (Fsp3) is 1.00. The molecule has 1 atom stereocenters. The smallest absolute Gasteiger partial charge is 0.0701 e. The Hall–Kier alpha value is -0.120. The molecule has 3 nitrogen and oxygen atoms in total. The standard InChI is InChI=1S/C11H23NO2/c1-3-12-11(10-5-4-6-10)9-14-8-7-13-2/h10-12H,3-9H2,1-2H3. The van der Waals surface area contributed by atoms with Gasteiger partial charge in [0.1, 0.15) is 0 Å². The van der Waals surface area contributed by atoms with Gasteiger partial charge < -0.3 is 14.8 Å². The molecular formula is C11H23NO2. The molecule has 0 heterocycles. The molecule has 0 aliphatic heterocycles. The summed E-state index contributed by atoms with van der Waals surface area (Å²) < 4.78 is 10.5. The Morgan fingerprint density at radius 2 is 2.14 bits per heavy atom. The van der Waals surface area contributed by atoms with E-state index in [9.17, 15) is 0 Å². The summed E-state index contributed by atoms with van der Waals surface area (Å²) in [5, 5.41) is 3.50. The van der Waals surface area contributed by atoms with E-state index in [4.69, 9.17) is 9.47 Å². The van der Waals surface area contributed by atoms with Crippen LogP contribution in [0.5, 0.6) is 0 Å². The van der Waals surface area contributed by atoms with Crippen LogP contribution >= 0.6 is 0 Å². The number of methoxy groups -OCH3 is 1. The highest BCUT2D eigenvalue weighted by molar-refractivity contribution is 4.82. The van der Waals surface area contributed by atoms with Gasteiger partial charge >= 0.3 is 0 Å². The van der Waals surface area contributed by atoms with Crippen molar-refractivity contribution in [2.45, 2.75) is 32.2 Å². The summed E-state index contributed by atoms with van der Waals surface area (Å²) in [6.45, 7) is 5.44. The van der Waals surface area contributed by atoms with Crippen molar-refractivity contribution in [2.75, 3.05) is 33.5 Å². The molecule has 14 heavy (non-hydrogen) atoms. The fourth-order valence-corrected chi connectivity index (χ4v) is 1.82. The number of hydrogen-bond donors (Lipinski definition) is 1. The number of rotatable bonds is 8. The summed E-state index contributed by atoms with van der Waals surface area (Å²) in [7, 11) is 1.71. The Morgan fingerprint density at radius 1 is 1.36 bits per heavy atom. The first-order valence-electron chi connectivity index (χ1n) is 5.68. The second kappa shape index (κ2) is 7.21. The van der Waals surface area contributed by atoms with Gasteiger partial charge in [-0.25, -0.2) is 0 Å². The molecule has 3 heteroatoms. The highest BCUT2D eigenvalue weighted by Crippen LogP contribution is 2.29. The first-order valence-corrected chi connectivity index (χ1v) is 5.68. The monoisotopic (exact) mass is 201 g/mol. The lowest BCUT2D eigenvalue weighted by molar-refractivity contribution is 0.0400. The second-order valence-electron chi connectivity index (χ2n) is 3.92. The quantitative estimate of drug-likeness (QED) is 0.603. The number of nitrogens with one attached hydrogen (secondary N) is 1. The maximum atomic E-state index is 5.56. The maximum Gasteiger partial charge on any atom is 0.0701 e. The molecule has 1 unspecified atom stereocenters. The van der Waals surface area contributed by atoms with E-state index in [1.165, 1.54) is 19.3 Å². The van der Waals surface area contributed by atoms with E-state index in [0.29, 0.717) is 19.3 Å². The zero-order valence-electron chi connectivity index (χ0n) is 9.42. The van der Waals surface area contributed by atoms with Crippen molar-refractivity contribution >= 4 is 0 Å². The molecule has 0 radical (unpaired) electrons. The van der Waals surface area contributed by atoms with Crippen LogP contribution in [0.25, 0.3) is 0 Å². The van der Waals surface area contributed by atoms with Gasteiger partial charge in [-0.05, 0) is 25.3 Å². The van der Waals surface area contributed by atoms with Crippen molar-refractivity contribution in [1.82, 2.24) is 5.32 Å². The third-order valence-electron chi connectivity index (χ3n) is 2.91. The van der Waals surface area contributed by atoms with Crippen LogP contribution < -0.4 is 5.32 Å².